The van der Waals surface area contributed by atoms with Crippen LogP contribution in [0.4, 0.5) is 5.69 Å². The van der Waals surface area contributed by atoms with E-state index in [4.69, 9.17) is 4.74 Å². The molecule has 0 spiro atoms. The van der Waals surface area contributed by atoms with Gasteiger partial charge < -0.3 is 4.74 Å². The summed E-state index contributed by atoms with van der Waals surface area (Å²) in [6.07, 6.45) is 4.90. The van der Waals surface area contributed by atoms with Gasteiger partial charge in [-0.2, -0.15) is 0 Å². The van der Waals surface area contributed by atoms with Crippen LogP contribution in [-0.2, 0) is 4.74 Å². The minimum Gasteiger partial charge on any atom is -0.359 e. The summed E-state index contributed by atoms with van der Waals surface area (Å²) in [4.78, 5) is 10.3. The first-order valence-electron chi connectivity index (χ1n) is 6.86. The number of nitro groups is 1. The van der Waals surface area contributed by atoms with Crippen molar-refractivity contribution in [3.63, 3.8) is 0 Å². The van der Waals surface area contributed by atoms with Crippen molar-refractivity contribution in [2.75, 3.05) is 6.61 Å². The van der Waals surface area contributed by atoms with Crippen LogP contribution in [0.2, 0.25) is 0 Å². The van der Waals surface area contributed by atoms with E-state index in [-0.39, 0.29) is 16.8 Å². The molecule has 2 aliphatic rings. The van der Waals surface area contributed by atoms with Gasteiger partial charge >= 0.3 is 0 Å². The molecule has 3 rings (SSSR count). The van der Waals surface area contributed by atoms with E-state index in [1.165, 1.54) is 37.8 Å². The molecular formula is C14H18N2O3. The molecule has 2 fully saturated rings. The van der Waals surface area contributed by atoms with E-state index in [1.807, 2.05) is 0 Å². The molecule has 0 amide bonds. The summed E-state index contributed by atoms with van der Waals surface area (Å²) in [5, 5.41) is 14.2. The van der Waals surface area contributed by atoms with E-state index >= 15 is 0 Å². The maximum absolute atomic E-state index is 10.6. The second kappa shape index (κ2) is 5.27. The molecule has 1 aromatic carbocycles. The van der Waals surface area contributed by atoms with Crippen LogP contribution in [0.5, 0.6) is 0 Å². The van der Waals surface area contributed by atoms with Gasteiger partial charge in [0.2, 0.25) is 0 Å². The molecule has 1 saturated heterocycles. The summed E-state index contributed by atoms with van der Waals surface area (Å²) in [6.45, 7) is 0.791. The third-order valence-corrected chi connectivity index (χ3v) is 4.16. The van der Waals surface area contributed by atoms with Crippen molar-refractivity contribution in [2.45, 2.75) is 38.0 Å². The van der Waals surface area contributed by atoms with Crippen LogP contribution >= 0.6 is 0 Å². The predicted octanol–water partition coefficient (Wildman–Crippen LogP) is 2.77. The van der Waals surface area contributed by atoms with Crippen LogP contribution < -0.4 is 5.32 Å². The molecule has 0 bridgehead atoms. The van der Waals surface area contributed by atoms with Crippen LogP contribution in [0, 0.1) is 16.0 Å². The molecule has 19 heavy (non-hydrogen) atoms. The third-order valence-electron chi connectivity index (χ3n) is 4.16. The zero-order valence-corrected chi connectivity index (χ0v) is 10.7. The molecule has 1 saturated carbocycles. The van der Waals surface area contributed by atoms with E-state index in [0.29, 0.717) is 12.0 Å². The smallest absolute Gasteiger partial charge is 0.269 e. The fraction of sp³-hybridized carbons (Fsp3) is 0.571. The topological polar surface area (TPSA) is 64.4 Å². The zero-order chi connectivity index (χ0) is 13.2. The number of nitro benzene ring substituents is 1. The van der Waals surface area contributed by atoms with E-state index in [0.717, 1.165) is 12.2 Å². The average molecular weight is 262 g/mol. The minimum absolute atomic E-state index is 0.120. The Kier molecular flexibility index (Phi) is 3.48. The maximum atomic E-state index is 10.6. The summed E-state index contributed by atoms with van der Waals surface area (Å²) in [5.41, 5.74) is 1.09. The van der Waals surface area contributed by atoms with E-state index in [2.05, 4.69) is 5.32 Å². The Morgan fingerprint density at radius 2 is 1.95 bits per heavy atom. The molecule has 1 aliphatic heterocycles. The number of hydrogen-bond acceptors (Lipinski definition) is 4. The molecule has 1 aromatic rings. The van der Waals surface area contributed by atoms with Crippen molar-refractivity contribution >= 4 is 5.69 Å². The van der Waals surface area contributed by atoms with Gasteiger partial charge in [0.25, 0.3) is 5.69 Å². The first kappa shape index (κ1) is 12.6. The van der Waals surface area contributed by atoms with Gasteiger partial charge in [-0.05, 0) is 36.5 Å². The standard InChI is InChI=1S/C14H18N2O3/c17-16(18)12-7-5-10(6-8-12)14-15-13-4-2-1-3-11(13)9-19-14/h5-8,11,13-15H,1-4,9H2. The lowest BCUT2D eigenvalue weighted by Gasteiger charge is -2.40. The molecular weight excluding hydrogens is 244 g/mol. The maximum Gasteiger partial charge on any atom is 0.269 e. The molecule has 102 valence electrons. The largest absolute Gasteiger partial charge is 0.359 e. The third kappa shape index (κ3) is 2.62. The van der Waals surface area contributed by atoms with Crippen LogP contribution in [0.3, 0.4) is 0 Å². The fourth-order valence-electron chi connectivity index (χ4n) is 3.05. The van der Waals surface area contributed by atoms with Crippen LogP contribution in [0.25, 0.3) is 0 Å². The predicted molar refractivity (Wildman–Crippen MR) is 70.7 cm³/mol. The Morgan fingerprint density at radius 1 is 1.21 bits per heavy atom. The number of fused-ring (bicyclic) bond motifs is 1. The van der Waals surface area contributed by atoms with Gasteiger partial charge in [0, 0.05) is 18.2 Å². The Balaban J connectivity index is 1.70. The van der Waals surface area contributed by atoms with Crippen LogP contribution in [0.15, 0.2) is 24.3 Å². The van der Waals surface area contributed by atoms with Gasteiger partial charge in [0.1, 0.15) is 6.23 Å². The second-order valence-electron chi connectivity index (χ2n) is 5.38. The van der Waals surface area contributed by atoms with Gasteiger partial charge in [0.15, 0.2) is 0 Å². The zero-order valence-electron chi connectivity index (χ0n) is 10.7. The number of hydrogen-bond donors (Lipinski definition) is 1. The lowest BCUT2D eigenvalue weighted by molar-refractivity contribution is -0.384. The highest BCUT2D eigenvalue weighted by Gasteiger charge is 2.32. The average Bonchev–Trinajstić information content (AvgIpc) is 2.47. The number of non-ortho nitro benzene ring substituents is 1. The van der Waals surface area contributed by atoms with Crippen molar-refractivity contribution in [3.05, 3.63) is 39.9 Å². The minimum atomic E-state index is -0.379. The van der Waals surface area contributed by atoms with Crippen LogP contribution in [-0.4, -0.2) is 17.6 Å². The number of rotatable bonds is 2. The molecule has 1 aliphatic carbocycles. The molecule has 3 atom stereocenters. The van der Waals surface area contributed by atoms with Crippen molar-refractivity contribution in [3.8, 4) is 0 Å². The Bertz CT molecular complexity index is 460. The first-order valence-corrected chi connectivity index (χ1v) is 6.86. The second-order valence-corrected chi connectivity index (χ2v) is 5.38. The molecule has 5 nitrogen and oxygen atoms in total. The van der Waals surface area contributed by atoms with E-state index < -0.39 is 0 Å². The van der Waals surface area contributed by atoms with Crippen molar-refractivity contribution in [1.82, 2.24) is 5.32 Å². The number of ether oxygens (including phenoxy) is 1. The van der Waals surface area contributed by atoms with Gasteiger partial charge in [0.05, 0.1) is 11.5 Å². The van der Waals surface area contributed by atoms with Gasteiger partial charge in [-0.3, -0.25) is 15.4 Å². The molecule has 1 heterocycles. The molecule has 0 aromatic heterocycles. The summed E-state index contributed by atoms with van der Waals surface area (Å²) in [6, 6.07) is 7.15. The SMILES string of the molecule is O=[N+]([O-])c1ccc(C2NC3CCCCC3CO2)cc1. The highest BCUT2D eigenvalue weighted by atomic mass is 16.6. The Hall–Kier alpha value is -1.46. The Labute approximate surface area is 112 Å². The van der Waals surface area contributed by atoms with Crippen molar-refractivity contribution < 1.29 is 9.66 Å². The lowest BCUT2D eigenvalue weighted by Crippen LogP contribution is -2.48. The fourth-order valence-corrected chi connectivity index (χ4v) is 3.05. The van der Waals surface area contributed by atoms with Gasteiger partial charge in [-0.15, -0.1) is 0 Å². The summed E-state index contributed by atoms with van der Waals surface area (Å²) in [5.74, 6) is 0.628. The normalized spacial score (nSPS) is 30.6. The first-order chi connectivity index (χ1) is 9.24. The van der Waals surface area contributed by atoms with Gasteiger partial charge in [-0.1, -0.05) is 12.8 Å². The quantitative estimate of drug-likeness (QED) is 0.657. The number of nitrogens with one attached hydrogen (secondary N) is 1. The summed E-state index contributed by atoms with van der Waals surface area (Å²) >= 11 is 0. The Morgan fingerprint density at radius 3 is 2.68 bits per heavy atom. The van der Waals surface area contributed by atoms with Gasteiger partial charge in [-0.25, -0.2) is 0 Å². The van der Waals surface area contributed by atoms with Crippen LogP contribution in [0.1, 0.15) is 37.5 Å². The van der Waals surface area contributed by atoms with E-state index in [9.17, 15) is 10.1 Å². The summed E-state index contributed by atoms with van der Waals surface area (Å²) in [7, 11) is 0. The van der Waals surface area contributed by atoms with Crippen molar-refractivity contribution in [2.24, 2.45) is 5.92 Å². The number of benzene rings is 1. The van der Waals surface area contributed by atoms with E-state index in [1.54, 1.807) is 12.1 Å². The monoisotopic (exact) mass is 262 g/mol. The summed E-state index contributed by atoms with van der Waals surface area (Å²) < 4.78 is 5.85. The number of nitrogens with zero attached hydrogens (tertiary/aromatic N) is 1. The molecule has 0 radical (unpaired) electrons. The molecule has 5 heteroatoms. The highest BCUT2D eigenvalue weighted by Crippen LogP contribution is 2.32. The molecule has 1 N–H and O–H groups in total. The highest BCUT2D eigenvalue weighted by molar-refractivity contribution is 5.33. The molecule has 3 unspecified atom stereocenters. The van der Waals surface area contributed by atoms with Crippen molar-refractivity contribution in [1.29, 1.82) is 0 Å². The lowest BCUT2D eigenvalue weighted by atomic mass is 9.84.